The summed E-state index contributed by atoms with van der Waals surface area (Å²) in [5.41, 5.74) is 6.70. The van der Waals surface area contributed by atoms with Gasteiger partial charge < -0.3 is 15.2 Å². The molecule has 3 nitrogen and oxygen atoms in total. The second-order valence-corrected chi connectivity index (χ2v) is 4.79. The van der Waals surface area contributed by atoms with E-state index in [0.29, 0.717) is 28.6 Å². The Hall–Kier alpha value is -1.85. The Morgan fingerprint density at radius 1 is 1.05 bits per heavy atom. The van der Waals surface area contributed by atoms with Crippen LogP contribution in [-0.4, -0.2) is 7.11 Å². The monoisotopic (exact) mass is 313 g/mol. The minimum atomic E-state index is -0.662. The molecule has 0 aliphatic rings. The number of hydrogen-bond acceptors (Lipinski definition) is 3. The molecule has 0 aliphatic carbocycles. The fourth-order valence-electron chi connectivity index (χ4n) is 1.88. The van der Waals surface area contributed by atoms with Gasteiger partial charge in [0.2, 0.25) is 0 Å². The van der Waals surface area contributed by atoms with Gasteiger partial charge in [0.25, 0.3) is 0 Å². The zero-order valence-corrected chi connectivity index (χ0v) is 12.1. The van der Waals surface area contributed by atoms with Crippen LogP contribution in [0.25, 0.3) is 0 Å². The van der Waals surface area contributed by atoms with Crippen molar-refractivity contribution in [1.82, 2.24) is 0 Å². The first kappa shape index (κ1) is 15.5. The molecule has 2 aromatic carbocycles. The third kappa shape index (κ3) is 3.83. The Morgan fingerprint density at radius 2 is 1.71 bits per heavy atom. The molecule has 0 amide bonds. The molecule has 6 heteroatoms. The van der Waals surface area contributed by atoms with Crippen LogP contribution >= 0.6 is 11.6 Å². The van der Waals surface area contributed by atoms with Gasteiger partial charge in [-0.3, -0.25) is 0 Å². The Labute approximate surface area is 126 Å². The van der Waals surface area contributed by atoms with Crippen LogP contribution in [0, 0.1) is 11.6 Å². The molecule has 0 atom stereocenters. The summed E-state index contributed by atoms with van der Waals surface area (Å²) in [7, 11) is 1.47. The molecule has 2 rings (SSSR count). The second kappa shape index (κ2) is 6.74. The van der Waals surface area contributed by atoms with Crippen molar-refractivity contribution in [2.45, 2.75) is 13.2 Å². The molecular weight excluding hydrogens is 300 g/mol. The summed E-state index contributed by atoms with van der Waals surface area (Å²) in [6, 6.07) is 6.54. The van der Waals surface area contributed by atoms with Gasteiger partial charge in [-0.15, -0.1) is 0 Å². The van der Waals surface area contributed by atoms with Gasteiger partial charge in [0, 0.05) is 12.6 Å². The highest BCUT2D eigenvalue weighted by molar-refractivity contribution is 6.32. The van der Waals surface area contributed by atoms with E-state index in [1.54, 1.807) is 12.1 Å². The van der Waals surface area contributed by atoms with Crippen LogP contribution in [0.2, 0.25) is 5.02 Å². The van der Waals surface area contributed by atoms with Crippen LogP contribution in [0.15, 0.2) is 30.3 Å². The van der Waals surface area contributed by atoms with Gasteiger partial charge in [0.15, 0.2) is 11.5 Å². The maximum atomic E-state index is 13.1. The third-order valence-electron chi connectivity index (χ3n) is 2.83. The van der Waals surface area contributed by atoms with Crippen molar-refractivity contribution in [1.29, 1.82) is 0 Å². The molecule has 0 bridgehead atoms. The molecule has 0 aliphatic heterocycles. The molecule has 2 aromatic rings. The van der Waals surface area contributed by atoms with E-state index in [1.807, 2.05) is 0 Å². The third-order valence-corrected chi connectivity index (χ3v) is 3.11. The minimum absolute atomic E-state index is 0.0350. The molecular formula is C15H14ClF2NO2. The standard InChI is InChI=1S/C15H14ClF2NO2/c1-20-14-5-9(7-19)4-13(16)15(14)21-8-10-2-11(17)6-12(18)3-10/h2-6H,7-8,19H2,1H3. The van der Waals surface area contributed by atoms with Crippen molar-refractivity contribution in [2.24, 2.45) is 5.73 Å². The van der Waals surface area contributed by atoms with E-state index in [0.717, 1.165) is 11.6 Å². The number of benzene rings is 2. The number of hydrogen-bond donors (Lipinski definition) is 1. The van der Waals surface area contributed by atoms with E-state index in [2.05, 4.69) is 0 Å². The number of ether oxygens (including phenoxy) is 2. The Bertz CT molecular complexity index is 630. The topological polar surface area (TPSA) is 44.5 Å². The van der Waals surface area contributed by atoms with Crippen molar-refractivity contribution in [3.05, 3.63) is 58.1 Å². The van der Waals surface area contributed by atoms with Gasteiger partial charge in [-0.1, -0.05) is 11.6 Å². The summed E-state index contributed by atoms with van der Waals surface area (Å²) in [5.74, 6) is -0.601. The van der Waals surface area contributed by atoms with Crippen LogP contribution < -0.4 is 15.2 Å². The van der Waals surface area contributed by atoms with Gasteiger partial charge in [-0.25, -0.2) is 8.78 Å². The number of methoxy groups -OCH3 is 1. The van der Waals surface area contributed by atoms with E-state index < -0.39 is 11.6 Å². The van der Waals surface area contributed by atoms with Gasteiger partial charge in [-0.2, -0.15) is 0 Å². The lowest BCUT2D eigenvalue weighted by Crippen LogP contribution is -2.02. The largest absolute Gasteiger partial charge is 0.493 e. The highest BCUT2D eigenvalue weighted by Gasteiger charge is 2.12. The quantitative estimate of drug-likeness (QED) is 0.916. The summed E-state index contributed by atoms with van der Waals surface area (Å²) < 4.78 is 36.9. The Morgan fingerprint density at radius 3 is 2.29 bits per heavy atom. The van der Waals surface area contributed by atoms with Crippen LogP contribution in [0.1, 0.15) is 11.1 Å². The molecule has 0 radical (unpaired) electrons. The molecule has 112 valence electrons. The highest BCUT2D eigenvalue weighted by Crippen LogP contribution is 2.36. The number of nitrogens with two attached hydrogens (primary N) is 1. The van der Waals surface area contributed by atoms with Crippen molar-refractivity contribution >= 4 is 11.6 Å². The average Bonchev–Trinajstić information content (AvgIpc) is 2.44. The summed E-state index contributed by atoms with van der Waals surface area (Å²) >= 11 is 6.11. The predicted molar refractivity (Wildman–Crippen MR) is 76.6 cm³/mol. The van der Waals surface area contributed by atoms with Gasteiger partial charge in [0.1, 0.15) is 18.2 Å². The SMILES string of the molecule is COc1cc(CN)cc(Cl)c1OCc1cc(F)cc(F)c1. The molecule has 0 fully saturated rings. The summed E-state index contributed by atoms with van der Waals surface area (Å²) in [6.07, 6.45) is 0. The first-order valence-electron chi connectivity index (χ1n) is 6.17. The van der Waals surface area contributed by atoms with E-state index in [1.165, 1.54) is 19.2 Å². The maximum absolute atomic E-state index is 13.1. The minimum Gasteiger partial charge on any atom is -0.493 e. The summed E-state index contributed by atoms with van der Waals surface area (Å²) in [5, 5.41) is 0.326. The first-order chi connectivity index (χ1) is 10.0. The molecule has 0 aromatic heterocycles. The van der Waals surface area contributed by atoms with Gasteiger partial charge >= 0.3 is 0 Å². The second-order valence-electron chi connectivity index (χ2n) is 4.38. The molecule has 0 saturated carbocycles. The van der Waals surface area contributed by atoms with Gasteiger partial charge in [0.05, 0.1) is 12.1 Å². The van der Waals surface area contributed by atoms with E-state index in [4.69, 9.17) is 26.8 Å². The van der Waals surface area contributed by atoms with Crippen molar-refractivity contribution in [3.8, 4) is 11.5 Å². The normalized spacial score (nSPS) is 10.5. The smallest absolute Gasteiger partial charge is 0.180 e. The molecule has 2 N–H and O–H groups in total. The van der Waals surface area contributed by atoms with E-state index >= 15 is 0 Å². The van der Waals surface area contributed by atoms with Crippen LogP contribution in [0.5, 0.6) is 11.5 Å². The summed E-state index contributed by atoms with van der Waals surface area (Å²) in [6.45, 7) is 0.276. The van der Waals surface area contributed by atoms with E-state index in [9.17, 15) is 8.78 Å². The van der Waals surface area contributed by atoms with E-state index in [-0.39, 0.29) is 6.61 Å². The zero-order valence-electron chi connectivity index (χ0n) is 11.3. The fourth-order valence-corrected chi connectivity index (χ4v) is 2.17. The maximum Gasteiger partial charge on any atom is 0.180 e. The van der Waals surface area contributed by atoms with Crippen molar-refractivity contribution in [3.63, 3.8) is 0 Å². The zero-order chi connectivity index (χ0) is 15.4. The van der Waals surface area contributed by atoms with Crippen LogP contribution in [-0.2, 0) is 13.2 Å². The fraction of sp³-hybridized carbons (Fsp3) is 0.200. The van der Waals surface area contributed by atoms with Crippen LogP contribution in [0.3, 0.4) is 0 Å². The lowest BCUT2D eigenvalue weighted by atomic mass is 10.2. The first-order valence-corrected chi connectivity index (χ1v) is 6.55. The molecule has 21 heavy (non-hydrogen) atoms. The van der Waals surface area contributed by atoms with Gasteiger partial charge in [-0.05, 0) is 35.4 Å². The lowest BCUT2D eigenvalue weighted by Gasteiger charge is -2.14. The van der Waals surface area contributed by atoms with Crippen molar-refractivity contribution < 1.29 is 18.3 Å². The highest BCUT2D eigenvalue weighted by atomic mass is 35.5. The predicted octanol–water partition coefficient (Wildman–Crippen LogP) is 3.66. The Balaban J connectivity index is 2.23. The molecule has 0 saturated heterocycles. The molecule has 0 unspecified atom stereocenters. The lowest BCUT2D eigenvalue weighted by molar-refractivity contribution is 0.283. The number of rotatable bonds is 5. The molecule has 0 spiro atoms. The average molecular weight is 314 g/mol. The summed E-state index contributed by atoms with van der Waals surface area (Å²) in [4.78, 5) is 0. The number of halogens is 3. The van der Waals surface area contributed by atoms with Crippen molar-refractivity contribution in [2.75, 3.05) is 7.11 Å². The Kier molecular flexibility index (Phi) is 4.98. The molecule has 0 heterocycles. The van der Waals surface area contributed by atoms with Crippen LogP contribution in [0.4, 0.5) is 8.78 Å².